The van der Waals surface area contributed by atoms with Gasteiger partial charge in [0.15, 0.2) is 0 Å². The second-order valence-electron chi connectivity index (χ2n) is 6.36. The summed E-state index contributed by atoms with van der Waals surface area (Å²) in [7, 11) is 0. The van der Waals surface area contributed by atoms with E-state index in [0.717, 1.165) is 22.2 Å². The van der Waals surface area contributed by atoms with Crippen molar-refractivity contribution >= 4 is 10.9 Å². The first-order valence-corrected chi connectivity index (χ1v) is 8.38. The number of nitrogens with zero attached hydrogens (tertiary/aromatic N) is 1. The Balaban J connectivity index is 2.00. The van der Waals surface area contributed by atoms with Crippen LogP contribution in [0.1, 0.15) is 37.7 Å². The van der Waals surface area contributed by atoms with Gasteiger partial charge in [0.05, 0.1) is 12.3 Å². The highest BCUT2D eigenvalue weighted by Gasteiger charge is 2.15. The molecule has 3 aromatic rings. The topological polar surface area (TPSA) is 70.8 Å². The Bertz CT molecular complexity index is 893. The largest absolute Gasteiger partial charge is 0.477 e. The summed E-state index contributed by atoms with van der Waals surface area (Å²) in [4.78, 5) is 23.1. The second kappa shape index (κ2) is 6.91. The molecule has 1 aromatic carbocycles. The van der Waals surface area contributed by atoms with E-state index in [1.165, 1.54) is 0 Å². The van der Waals surface area contributed by atoms with Crippen LogP contribution >= 0.6 is 0 Å². The zero-order valence-corrected chi connectivity index (χ0v) is 14.3. The van der Waals surface area contributed by atoms with Crippen LogP contribution in [0.15, 0.2) is 35.3 Å². The summed E-state index contributed by atoms with van der Waals surface area (Å²) in [5.74, 6) is 0.894. The van der Waals surface area contributed by atoms with Crippen molar-refractivity contribution in [1.29, 1.82) is 0 Å². The van der Waals surface area contributed by atoms with E-state index in [9.17, 15) is 4.79 Å². The van der Waals surface area contributed by atoms with Gasteiger partial charge in [0.25, 0.3) is 5.56 Å². The Morgan fingerprint density at radius 2 is 2.04 bits per heavy atom. The molecule has 0 aliphatic carbocycles. The van der Waals surface area contributed by atoms with E-state index >= 15 is 0 Å². The molecule has 3 rings (SSSR count). The standard InChI is InChI=1S/C19H23N3O2/c1-4-24-19-17(21-18(23)16(22-19)9-12(2)3)10-13-11-20-15-8-6-5-7-14(13)15/h5-8,11-12,20H,4,9-10H2,1-3H3,(H,21,23). The molecule has 0 radical (unpaired) electrons. The normalized spacial score (nSPS) is 11.3. The number of H-pyrrole nitrogens is 2. The van der Waals surface area contributed by atoms with Gasteiger partial charge in [-0.05, 0) is 30.9 Å². The molecule has 2 aromatic heterocycles. The van der Waals surface area contributed by atoms with Crippen molar-refractivity contribution in [2.45, 2.75) is 33.6 Å². The van der Waals surface area contributed by atoms with Crippen molar-refractivity contribution in [1.82, 2.24) is 15.0 Å². The minimum Gasteiger partial charge on any atom is -0.477 e. The minimum atomic E-state index is -0.123. The van der Waals surface area contributed by atoms with Crippen LogP contribution in [0.25, 0.3) is 10.9 Å². The number of hydrogen-bond acceptors (Lipinski definition) is 3. The Hall–Kier alpha value is -2.56. The average Bonchev–Trinajstić information content (AvgIpc) is 2.95. The number of rotatable bonds is 6. The first kappa shape index (κ1) is 16.3. The summed E-state index contributed by atoms with van der Waals surface area (Å²) >= 11 is 0. The molecule has 2 heterocycles. The molecule has 5 heteroatoms. The van der Waals surface area contributed by atoms with Crippen molar-refractivity contribution < 1.29 is 4.74 Å². The summed E-state index contributed by atoms with van der Waals surface area (Å²) in [6, 6.07) is 8.11. The van der Waals surface area contributed by atoms with Gasteiger partial charge < -0.3 is 14.7 Å². The molecule has 0 saturated heterocycles. The second-order valence-corrected chi connectivity index (χ2v) is 6.36. The van der Waals surface area contributed by atoms with Gasteiger partial charge in [-0.25, -0.2) is 4.98 Å². The Morgan fingerprint density at radius 1 is 1.25 bits per heavy atom. The Labute approximate surface area is 141 Å². The fourth-order valence-electron chi connectivity index (χ4n) is 2.87. The fourth-order valence-corrected chi connectivity index (χ4v) is 2.87. The van der Waals surface area contributed by atoms with Gasteiger partial charge in [-0.3, -0.25) is 4.79 Å². The van der Waals surface area contributed by atoms with Crippen LogP contribution in [0.5, 0.6) is 5.88 Å². The van der Waals surface area contributed by atoms with E-state index in [4.69, 9.17) is 4.74 Å². The van der Waals surface area contributed by atoms with Crippen molar-refractivity contribution in [3.8, 4) is 5.88 Å². The van der Waals surface area contributed by atoms with Gasteiger partial charge in [0.1, 0.15) is 5.69 Å². The third-order valence-electron chi connectivity index (χ3n) is 3.95. The highest BCUT2D eigenvalue weighted by atomic mass is 16.5. The molecular formula is C19H23N3O2. The van der Waals surface area contributed by atoms with Gasteiger partial charge in [-0.1, -0.05) is 32.0 Å². The van der Waals surface area contributed by atoms with Crippen LogP contribution in [0.2, 0.25) is 0 Å². The predicted octanol–water partition coefficient (Wildman–Crippen LogP) is 3.44. The summed E-state index contributed by atoms with van der Waals surface area (Å²) in [6.07, 6.45) is 3.19. The number of benzene rings is 1. The first-order valence-electron chi connectivity index (χ1n) is 8.38. The van der Waals surface area contributed by atoms with Crippen LogP contribution in [0.3, 0.4) is 0 Å². The summed E-state index contributed by atoms with van der Waals surface area (Å²) < 4.78 is 5.68. The molecule has 0 spiro atoms. The first-order chi connectivity index (χ1) is 11.6. The molecule has 0 unspecified atom stereocenters. The monoisotopic (exact) mass is 325 g/mol. The quantitative estimate of drug-likeness (QED) is 0.729. The van der Waals surface area contributed by atoms with Gasteiger partial charge >= 0.3 is 0 Å². The van der Waals surface area contributed by atoms with Gasteiger partial charge in [-0.15, -0.1) is 0 Å². The molecule has 0 saturated carbocycles. The highest BCUT2D eigenvalue weighted by Crippen LogP contribution is 2.23. The summed E-state index contributed by atoms with van der Waals surface area (Å²) in [6.45, 7) is 6.58. The van der Waals surface area contributed by atoms with E-state index in [-0.39, 0.29) is 5.56 Å². The van der Waals surface area contributed by atoms with Crippen LogP contribution < -0.4 is 10.3 Å². The number of hydrogen-bond donors (Lipinski definition) is 2. The molecule has 0 amide bonds. The number of fused-ring (bicyclic) bond motifs is 1. The lowest BCUT2D eigenvalue weighted by molar-refractivity contribution is 0.319. The van der Waals surface area contributed by atoms with E-state index < -0.39 is 0 Å². The van der Waals surface area contributed by atoms with Gasteiger partial charge in [-0.2, -0.15) is 0 Å². The lowest BCUT2D eigenvalue weighted by Gasteiger charge is -2.11. The van der Waals surface area contributed by atoms with E-state index in [2.05, 4.69) is 34.9 Å². The van der Waals surface area contributed by atoms with Gasteiger partial charge in [0, 0.05) is 23.5 Å². The Morgan fingerprint density at radius 3 is 2.79 bits per heavy atom. The average molecular weight is 325 g/mol. The van der Waals surface area contributed by atoms with Crippen molar-refractivity contribution in [3.05, 3.63) is 57.8 Å². The number of aromatic nitrogens is 3. The predicted molar refractivity (Wildman–Crippen MR) is 95.7 cm³/mol. The van der Waals surface area contributed by atoms with Crippen molar-refractivity contribution in [3.63, 3.8) is 0 Å². The number of aromatic amines is 2. The molecule has 0 aliphatic heterocycles. The van der Waals surface area contributed by atoms with Crippen molar-refractivity contribution in [2.24, 2.45) is 5.92 Å². The molecule has 5 nitrogen and oxygen atoms in total. The zero-order valence-electron chi connectivity index (χ0n) is 14.3. The van der Waals surface area contributed by atoms with Crippen LogP contribution in [-0.4, -0.2) is 21.6 Å². The maximum atomic E-state index is 12.3. The molecular weight excluding hydrogens is 302 g/mol. The molecule has 0 bridgehead atoms. The molecule has 126 valence electrons. The SMILES string of the molecule is CCOc1nc(CC(C)C)c(=O)[nH]c1Cc1c[nH]c2ccccc12. The number of para-hydroxylation sites is 1. The smallest absolute Gasteiger partial charge is 0.270 e. The maximum Gasteiger partial charge on any atom is 0.270 e. The lowest BCUT2D eigenvalue weighted by atomic mass is 10.1. The zero-order chi connectivity index (χ0) is 17.1. The molecule has 2 N–H and O–H groups in total. The van der Waals surface area contributed by atoms with E-state index in [1.807, 2.05) is 31.3 Å². The van der Waals surface area contributed by atoms with E-state index in [1.54, 1.807) is 0 Å². The highest BCUT2D eigenvalue weighted by molar-refractivity contribution is 5.83. The van der Waals surface area contributed by atoms with Crippen LogP contribution in [-0.2, 0) is 12.8 Å². The third-order valence-corrected chi connectivity index (χ3v) is 3.95. The Kier molecular flexibility index (Phi) is 4.69. The number of nitrogens with one attached hydrogen (secondary N) is 2. The summed E-state index contributed by atoms with van der Waals surface area (Å²) in [5, 5.41) is 1.15. The molecule has 0 fully saturated rings. The summed E-state index contributed by atoms with van der Waals surface area (Å²) in [5.41, 5.74) is 3.33. The lowest BCUT2D eigenvalue weighted by Crippen LogP contribution is -2.20. The molecule has 0 atom stereocenters. The third kappa shape index (κ3) is 3.35. The minimum absolute atomic E-state index is 0.123. The maximum absolute atomic E-state index is 12.3. The van der Waals surface area contributed by atoms with E-state index in [0.29, 0.717) is 36.9 Å². The van der Waals surface area contributed by atoms with Crippen LogP contribution in [0, 0.1) is 5.92 Å². The van der Waals surface area contributed by atoms with Gasteiger partial charge in [0.2, 0.25) is 5.88 Å². The number of ether oxygens (including phenoxy) is 1. The van der Waals surface area contributed by atoms with Crippen LogP contribution in [0.4, 0.5) is 0 Å². The molecule has 0 aliphatic rings. The fraction of sp³-hybridized carbons (Fsp3) is 0.368. The molecule has 24 heavy (non-hydrogen) atoms. The van der Waals surface area contributed by atoms with Crippen molar-refractivity contribution in [2.75, 3.05) is 6.61 Å².